The molecule has 17 heavy (non-hydrogen) atoms. The van der Waals surface area contributed by atoms with Crippen LogP contribution in [0.3, 0.4) is 0 Å². The van der Waals surface area contributed by atoms with Crippen LogP contribution in [-0.2, 0) is 12.6 Å². The van der Waals surface area contributed by atoms with Crippen LogP contribution >= 0.6 is 11.3 Å². The summed E-state index contributed by atoms with van der Waals surface area (Å²) in [4.78, 5) is 3.87. The molecule has 6 nitrogen and oxygen atoms in total. The van der Waals surface area contributed by atoms with Gasteiger partial charge in [-0.25, -0.2) is 4.98 Å². The molecule has 0 saturated carbocycles. The van der Waals surface area contributed by atoms with Crippen LogP contribution in [0.5, 0.6) is 0 Å². The second kappa shape index (κ2) is 4.65. The van der Waals surface area contributed by atoms with E-state index in [9.17, 15) is 13.2 Å². The second-order valence-corrected chi connectivity index (χ2v) is 4.00. The van der Waals surface area contributed by atoms with Crippen molar-refractivity contribution in [3.8, 4) is 0 Å². The Morgan fingerprint density at radius 2 is 2.18 bits per heavy atom. The van der Waals surface area contributed by atoms with E-state index in [1.54, 1.807) is 0 Å². The van der Waals surface area contributed by atoms with Gasteiger partial charge in [-0.15, -0.1) is 10.2 Å². The summed E-state index contributed by atoms with van der Waals surface area (Å²) in [5, 5.41) is 14.6. The summed E-state index contributed by atoms with van der Waals surface area (Å²) in [5.74, 6) is 0.651. The molecular formula is C7H7F3N6S. The Bertz CT molecular complexity index is 464. The Kier molecular flexibility index (Phi) is 3.22. The van der Waals surface area contributed by atoms with Crippen molar-refractivity contribution in [2.75, 3.05) is 11.9 Å². The number of hydrogen-bond donors (Lipinski definition) is 2. The molecule has 0 aliphatic rings. The highest BCUT2D eigenvalue weighted by atomic mass is 32.1. The molecule has 2 aromatic heterocycles. The normalized spacial score (nSPS) is 11.7. The number of nitrogens with zero attached hydrogens (tertiary/aromatic N) is 4. The van der Waals surface area contributed by atoms with E-state index in [0.29, 0.717) is 30.1 Å². The highest BCUT2D eigenvalue weighted by molar-refractivity contribution is 7.15. The summed E-state index contributed by atoms with van der Waals surface area (Å²) >= 11 is 0.472. The van der Waals surface area contributed by atoms with Crippen LogP contribution in [0.1, 0.15) is 10.8 Å². The number of hydrogen-bond acceptors (Lipinski definition) is 6. The summed E-state index contributed by atoms with van der Waals surface area (Å²) in [7, 11) is 0. The summed E-state index contributed by atoms with van der Waals surface area (Å²) < 4.78 is 36.6. The summed E-state index contributed by atoms with van der Waals surface area (Å²) in [6.45, 7) is 0.404. The summed E-state index contributed by atoms with van der Waals surface area (Å²) in [6.07, 6.45) is -2.56. The molecule has 0 unspecified atom stereocenters. The summed E-state index contributed by atoms with van der Waals surface area (Å²) in [5.41, 5.74) is 0. The predicted molar refractivity (Wildman–Crippen MR) is 53.5 cm³/mol. The molecule has 92 valence electrons. The fourth-order valence-corrected chi connectivity index (χ4v) is 1.68. The van der Waals surface area contributed by atoms with E-state index in [1.807, 2.05) is 0 Å². The van der Waals surface area contributed by atoms with Gasteiger partial charge in [0.25, 0.3) is 0 Å². The maximum absolute atomic E-state index is 12.2. The maximum Gasteiger partial charge on any atom is 0.445 e. The van der Waals surface area contributed by atoms with Crippen molar-refractivity contribution in [2.24, 2.45) is 0 Å². The number of alkyl halides is 3. The van der Waals surface area contributed by atoms with Gasteiger partial charge in [-0.3, -0.25) is 5.10 Å². The smallest absolute Gasteiger partial charge is 0.360 e. The molecule has 2 rings (SSSR count). The van der Waals surface area contributed by atoms with Crippen LogP contribution in [0.25, 0.3) is 0 Å². The van der Waals surface area contributed by atoms with Crippen LogP contribution < -0.4 is 5.32 Å². The first-order chi connectivity index (χ1) is 8.05. The molecule has 0 fully saturated rings. The zero-order chi connectivity index (χ0) is 12.3. The zero-order valence-corrected chi connectivity index (χ0v) is 9.14. The Morgan fingerprint density at radius 3 is 2.76 bits per heavy atom. The minimum Gasteiger partial charge on any atom is -0.360 e. The van der Waals surface area contributed by atoms with Gasteiger partial charge in [0, 0.05) is 13.0 Å². The lowest BCUT2D eigenvalue weighted by atomic mass is 10.4. The average molecular weight is 264 g/mol. The molecule has 0 atom stereocenters. The van der Waals surface area contributed by atoms with Gasteiger partial charge in [-0.05, 0) is 0 Å². The molecule has 0 aliphatic heterocycles. The van der Waals surface area contributed by atoms with E-state index in [0.717, 1.165) is 0 Å². The Hall–Kier alpha value is -1.71. The van der Waals surface area contributed by atoms with Crippen molar-refractivity contribution in [1.29, 1.82) is 0 Å². The van der Waals surface area contributed by atoms with E-state index in [1.165, 1.54) is 6.33 Å². The Balaban J connectivity index is 1.85. The molecule has 0 aliphatic carbocycles. The van der Waals surface area contributed by atoms with Crippen LogP contribution in [0.15, 0.2) is 6.33 Å². The largest absolute Gasteiger partial charge is 0.445 e. The zero-order valence-electron chi connectivity index (χ0n) is 8.32. The average Bonchev–Trinajstić information content (AvgIpc) is 2.86. The van der Waals surface area contributed by atoms with Gasteiger partial charge >= 0.3 is 6.18 Å². The first kappa shape index (κ1) is 11.8. The topological polar surface area (TPSA) is 79.4 Å². The number of halogens is 3. The molecule has 0 bridgehead atoms. The first-order valence-corrected chi connectivity index (χ1v) is 5.36. The first-order valence-electron chi connectivity index (χ1n) is 4.54. The number of anilines is 1. The summed E-state index contributed by atoms with van der Waals surface area (Å²) in [6, 6.07) is 0. The molecule has 0 radical (unpaired) electrons. The Morgan fingerprint density at radius 1 is 1.35 bits per heavy atom. The van der Waals surface area contributed by atoms with Crippen LogP contribution in [-0.4, -0.2) is 31.9 Å². The van der Waals surface area contributed by atoms with Gasteiger partial charge in [0.1, 0.15) is 12.2 Å². The van der Waals surface area contributed by atoms with Crippen molar-refractivity contribution in [2.45, 2.75) is 12.6 Å². The maximum atomic E-state index is 12.2. The van der Waals surface area contributed by atoms with Gasteiger partial charge in [-0.2, -0.15) is 18.3 Å². The van der Waals surface area contributed by atoms with Gasteiger partial charge in [0.15, 0.2) is 0 Å². The predicted octanol–water partition coefficient (Wildman–Crippen LogP) is 1.33. The van der Waals surface area contributed by atoms with Crippen molar-refractivity contribution in [1.82, 2.24) is 25.4 Å². The quantitative estimate of drug-likeness (QED) is 0.870. The van der Waals surface area contributed by atoms with Gasteiger partial charge in [0.2, 0.25) is 10.1 Å². The van der Waals surface area contributed by atoms with Crippen LogP contribution in [0.2, 0.25) is 0 Å². The third kappa shape index (κ3) is 3.12. The SMILES string of the molecule is FC(F)(F)c1nnc(NCCc2ncn[nH]2)s1. The highest BCUT2D eigenvalue weighted by Crippen LogP contribution is 2.32. The monoisotopic (exact) mass is 264 g/mol. The van der Waals surface area contributed by atoms with Crippen molar-refractivity contribution < 1.29 is 13.2 Å². The van der Waals surface area contributed by atoms with E-state index >= 15 is 0 Å². The number of aromatic amines is 1. The molecule has 0 amide bonds. The van der Waals surface area contributed by atoms with Gasteiger partial charge in [0.05, 0.1) is 0 Å². The lowest BCUT2D eigenvalue weighted by molar-refractivity contribution is -0.138. The van der Waals surface area contributed by atoms with E-state index in [4.69, 9.17) is 0 Å². The third-order valence-corrected chi connectivity index (χ3v) is 2.70. The fourth-order valence-electron chi connectivity index (χ4n) is 1.05. The lowest BCUT2D eigenvalue weighted by Gasteiger charge is -1.99. The Labute approximate surface area is 97.3 Å². The fraction of sp³-hybridized carbons (Fsp3) is 0.429. The second-order valence-electron chi connectivity index (χ2n) is 3.02. The van der Waals surface area contributed by atoms with Crippen molar-refractivity contribution >= 4 is 16.5 Å². The van der Waals surface area contributed by atoms with Gasteiger partial charge < -0.3 is 5.32 Å². The number of aromatic nitrogens is 5. The third-order valence-electron chi connectivity index (χ3n) is 1.77. The molecular weight excluding hydrogens is 257 g/mol. The number of H-pyrrole nitrogens is 1. The van der Waals surface area contributed by atoms with Crippen LogP contribution in [0.4, 0.5) is 18.3 Å². The number of nitrogens with one attached hydrogen (secondary N) is 2. The van der Waals surface area contributed by atoms with Crippen molar-refractivity contribution in [3.05, 3.63) is 17.2 Å². The van der Waals surface area contributed by atoms with E-state index in [2.05, 4.69) is 30.7 Å². The lowest BCUT2D eigenvalue weighted by Crippen LogP contribution is -2.05. The van der Waals surface area contributed by atoms with E-state index < -0.39 is 11.2 Å². The van der Waals surface area contributed by atoms with Crippen molar-refractivity contribution in [3.63, 3.8) is 0 Å². The molecule has 2 heterocycles. The minimum atomic E-state index is -4.44. The van der Waals surface area contributed by atoms with Gasteiger partial charge in [-0.1, -0.05) is 11.3 Å². The number of rotatable bonds is 4. The molecule has 2 N–H and O–H groups in total. The molecule has 0 spiro atoms. The van der Waals surface area contributed by atoms with E-state index in [-0.39, 0.29) is 5.13 Å². The standard InChI is InChI=1S/C7H7F3N6S/c8-7(9,10)5-15-16-6(17-5)11-2-1-4-12-3-13-14-4/h3H,1-2H2,(H,11,16)(H,12,13,14). The molecule has 10 heteroatoms. The minimum absolute atomic E-state index is 0.136. The molecule has 0 saturated heterocycles. The molecule has 2 aromatic rings. The highest BCUT2D eigenvalue weighted by Gasteiger charge is 2.35. The van der Waals surface area contributed by atoms with Crippen LogP contribution in [0, 0.1) is 0 Å². The molecule has 0 aromatic carbocycles.